The summed E-state index contributed by atoms with van der Waals surface area (Å²) in [7, 11) is 0. The van der Waals surface area contributed by atoms with Crippen molar-refractivity contribution in [2.24, 2.45) is 5.92 Å². The van der Waals surface area contributed by atoms with Crippen LogP contribution in [0.5, 0.6) is 5.75 Å². The fraction of sp³-hybridized carbons (Fsp3) is 0.476. The van der Waals surface area contributed by atoms with Crippen LogP contribution in [0.2, 0.25) is 5.02 Å². The number of hydrogen-bond acceptors (Lipinski definition) is 7. The Morgan fingerprint density at radius 3 is 2.90 bits per heavy atom. The van der Waals surface area contributed by atoms with E-state index in [1.807, 2.05) is 24.0 Å². The van der Waals surface area contributed by atoms with E-state index >= 15 is 0 Å². The Morgan fingerprint density at radius 1 is 1.37 bits per heavy atom. The van der Waals surface area contributed by atoms with Gasteiger partial charge in [0.25, 0.3) is 6.01 Å². The molecule has 0 bridgehead atoms. The second-order valence-electron chi connectivity index (χ2n) is 8.18. The average molecular weight is 431 g/mol. The smallest absolute Gasteiger partial charge is 0.298 e. The number of aromatic nitrogens is 2. The molecule has 2 aromatic heterocycles. The zero-order valence-electron chi connectivity index (χ0n) is 16.9. The lowest BCUT2D eigenvalue weighted by Crippen LogP contribution is -2.45. The first-order valence-corrected chi connectivity index (χ1v) is 10.6. The molecule has 1 aliphatic heterocycles. The lowest BCUT2D eigenvalue weighted by Gasteiger charge is -2.36. The number of benzene rings is 1. The van der Waals surface area contributed by atoms with Crippen molar-refractivity contribution in [3.63, 3.8) is 0 Å². The largest absolute Gasteiger partial charge is 0.493 e. The first kappa shape index (κ1) is 19.2. The van der Waals surface area contributed by atoms with Gasteiger partial charge in [-0.25, -0.2) is 0 Å². The lowest BCUT2D eigenvalue weighted by atomic mass is 9.96. The van der Waals surface area contributed by atoms with Crippen LogP contribution in [0, 0.1) is 5.92 Å². The fourth-order valence-electron chi connectivity index (χ4n) is 3.57. The molecule has 0 unspecified atom stereocenters. The summed E-state index contributed by atoms with van der Waals surface area (Å²) in [6.45, 7) is 5.50. The van der Waals surface area contributed by atoms with E-state index in [1.165, 1.54) is 19.8 Å². The van der Waals surface area contributed by atoms with Crippen LogP contribution < -0.4 is 15.0 Å². The molecule has 3 heterocycles. The molecule has 0 radical (unpaired) electrons. The van der Waals surface area contributed by atoms with Crippen LogP contribution in [0.4, 0.5) is 6.01 Å². The molecule has 1 N–H and O–H groups in total. The molecule has 1 amide bonds. The van der Waals surface area contributed by atoms with Crippen molar-refractivity contribution in [1.29, 1.82) is 0 Å². The molecule has 1 atom stereocenters. The van der Waals surface area contributed by atoms with Gasteiger partial charge in [-0.15, -0.1) is 0 Å². The van der Waals surface area contributed by atoms with Gasteiger partial charge >= 0.3 is 0 Å². The SMILES string of the molecule is CC(=O)N[C@@H](C)c1cc(C2CN(c3nc4c(Cl)cc(OCC5CC5)cc4o3)C2)no1. The van der Waals surface area contributed by atoms with E-state index in [0.717, 1.165) is 25.4 Å². The number of nitrogens with one attached hydrogen (secondary N) is 1. The average Bonchev–Trinajstić information content (AvgIpc) is 3.18. The molecule has 158 valence electrons. The molecule has 1 saturated carbocycles. The Kier molecular flexibility index (Phi) is 4.81. The highest BCUT2D eigenvalue weighted by Gasteiger charge is 2.34. The number of rotatable bonds is 7. The van der Waals surface area contributed by atoms with Gasteiger partial charge in [0.1, 0.15) is 11.3 Å². The van der Waals surface area contributed by atoms with Gasteiger partial charge in [0, 0.05) is 44.1 Å². The Labute approximate surface area is 178 Å². The zero-order chi connectivity index (χ0) is 20.8. The van der Waals surface area contributed by atoms with Crippen molar-refractivity contribution < 1.29 is 18.5 Å². The minimum atomic E-state index is -0.213. The fourth-order valence-corrected chi connectivity index (χ4v) is 3.81. The van der Waals surface area contributed by atoms with Crippen LogP contribution in [0.3, 0.4) is 0 Å². The molecule has 5 rings (SSSR count). The van der Waals surface area contributed by atoms with Gasteiger partial charge in [0.15, 0.2) is 11.3 Å². The molecule has 30 heavy (non-hydrogen) atoms. The number of amides is 1. The predicted octanol–water partition coefficient (Wildman–Crippen LogP) is 4.06. The third-order valence-corrected chi connectivity index (χ3v) is 5.84. The summed E-state index contributed by atoms with van der Waals surface area (Å²) < 4.78 is 17.2. The van der Waals surface area contributed by atoms with Crippen LogP contribution in [0.15, 0.2) is 27.1 Å². The summed E-state index contributed by atoms with van der Waals surface area (Å²) in [5, 5.41) is 7.48. The number of oxazole rings is 1. The maximum atomic E-state index is 11.2. The Balaban J connectivity index is 1.25. The van der Waals surface area contributed by atoms with Crippen LogP contribution in [0.25, 0.3) is 11.1 Å². The maximum absolute atomic E-state index is 11.2. The summed E-state index contributed by atoms with van der Waals surface area (Å²) in [5.74, 6) is 2.14. The van der Waals surface area contributed by atoms with Crippen LogP contribution >= 0.6 is 11.6 Å². The van der Waals surface area contributed by atoms with Gasteiger partial charge < -0.3 is 23.9 Å². The number of fused-ring (bicyclic) bond motifs is 1. The second-order valence-corrected chi connectivity index (χ2v) is 8.59. The number of anilines is 1. The second kappa shape index (κ2) is 7.50. The highest BCUT2D eigenvalue weighted by molar-refractivity contribution is 6.35. The topological polar surface area (TPSA) is 93.6 Å². The first-order valence-electron chi connectivity index (χ1n) is 10.2. The van der Waals surface area contributed by atoms with Gasteiger partial charge in [-0.1, -0.05) is 16.8 Å². The van der Waals surface area contributed by atoms with Gasteiger partial charge in [0.05, 0.1) is 23.4 Å². The van der Waals surface area contributed by atoms with Crippen molar-refractivity contribution >= 4 is 34.6 Å². The summed E-state index contributed by atoms with van der Waals surface area (Å²) in [6, 6.07) is 5.87. The number of carbonyl (C=O) groups excluding carboxylic acids is 1. The zero-order valence-corrected chi connectivity index (χ0v) is 17.6. The van der Waals surface area contributed by atoms with Gasteiger partial charge in [-0.3, -0.25) is 4.79 Å². The minimum absolute atomic E-state index is 0.106. The Morgan fingerprint density at radius 2 is 2.17 bits per heavy atom. The molecule has 3 aromatic rings. The van der Waals surface area contributed by atoms with E-state index in [0.29, 0.717) is 39.6 Å². The predicted molar refractivity (Wildman–Crippen MR) is 111 cm³/mol. The van der Waals surface area contributed by atoms with Crippen LogP contribution in [-0.2, 0) is 4.79 Å². The van der Waals surface area contributed by atoms with Gasteiger partial charge in [0.2, 0.25) is 5.91 Å². The molecule has 2 aliphatic rings. The highest BCUT2D eigenvalue weighted by atomic mass is 35.5. The van der Waals surface area contributed by atoms with E-state index in [4.69, 9.17) is 25.3 Å². The van der Waals surface area contributed by atoms with Gasteiger partial charge in [-0.05, 0) is 25.7 Å². The van der Waals surface area contributed by atoms with Gasteiger partial charge in [-0.2, -0.15) is 4.98 Å². The lowest BCUT2D eigenvalue weighted by molar-refractivity contribution is -0.119. The quantitative estimate of drug-likeness (QED) is 0.604. The number of ether oxygens (including phenoxy) is 1. The van der Waals surface area contributed by atoms with E-state index in [2.05, 4.69) is 15.5 Å². The summed E-state index contributed by atoms with van der Waals surface area (Å²) >= 11 is 6.39. The number of carbonyl (C=O) groups is 1. The molecule has 0 spiro atoms. The first-order chi connectivity index (χ1) is 14.5. The molecule has 8 nitrogen and oxygen atoms in total. The molecule has 1 aromatic carbocycles. The van der Waals surface area contributed by atoms with E-state index < -0.39 is 0 Å². The Hall–Kier alpha value is -2.74. The molecule has 9 heteroatoms. The molecule has 1 saturated heterocycles. The summed E-state index contributed by atoms with van der Waals surface area (Å²) in [4.78, 5) is 17.8. The number of halogens is 1. The number of nitrogens with zero attached hydrogens (tertiary/aromatic N) is 3. The monoisotopic (exact) mass is 430 g/mol. The van der Waals surface area contributed by atoms with Crippen molar-refractivity contribution in [3.05, 3.63) is 34.7 Å². The number of hydrogen-bond donors (Lipinski definition) is 1. The molecular formula is C21H23ClN4O4. The minimum Gasteiger partial charge on any atom is -0.493 e. The summed E-state index contributed by atoms with van der Waals surface area (Å²) in [5.41, 5.74) is 2.13. The summed E-state index contributed by atoms with van der Waals surface area (Å²) in [6.07, 6.45) is 2.47. The van der Waals surface area contributed by atoms with E-state index in [9.17, 15) is 4.79 Å². The van der Waals surface area contributed by atoms with E-state index in [1.54, 1.807) is 6.07 Å². The third-order valence-electron chi connectivity index (χ3n) is 5.56. The Bertz CT molecular complexity index is 1080. The van der Waals surface area contributed by atoms with Crippen LogP contribution in [0.1, 0.15) is 50.1 Å². The molecule has 1 aliphatic carbocycles. The van der Waals surface area contributed by atoms with Crippen molar-refractivity contribution in [1.82, 2.24) is 15.5 Å². The molecular weight excluding hydrogens is 408 g/mol. The van der Waals surface area contributed by atoms with Crippen LogP contribution in [-0.4, -0.2) is 35.7 Å². The van der Waals surface area contributed by atoms with E-state index in [-0.39, 0.29) is 17.9 Å². The van der Waals surface area contributed by atoms with Crippen molar-refractivity contribution in [3.8, 4) is 5.75 Å². The highest BCUT2D eigenvalue weighted by Crippen LogP contribution is 2.37. The van der Waals surface area contributed by atoms with Crippen molar-refractivity contribution in [2.75, 3.05) is 24.6 Å². The standard InChI is InChI=1S/C21H23ClN4O4/c1-11(23-12(2)27)18-7-17(25-30-18)14-8-26(9-14)21-24-20-16(22)5-15(6-19(20)29-21)28-10-13-3-4-13/h5-7,11,13-14H,3-4,8-10H2,1-2H3,(H,23,27)/t11-/m0/s1. The normalized spacial score (nSPS) is 17.8. The molecule has 2 fully saturated rings. The van der Waals surface area contributed by atoms with Crippen molar-refractivity contribution in [2.45, 2.75) is 38.6 Å². The third kappa shape index (κ3) is 3.84. The maximum Gasteiger partial charge on any atom is 0.298 e.